The van der Waals surface area contributed by atoms with Gasteiger partial charge in [-0.1, -0.05) is 12.1 Å². The summed E-state index contributed by atoms with van der Waals surface area (Å²) in [4.78, 5) is 17.9. The SMILES string of the molecule is Cc1oc2c3c(ccc2c(=O)c1Oc1ccccc1Br)OCN(CCN1CCOCC1)C3. The van der Waals surface area contributed by atoms with E-state index in [1.165, 1.54) is 0 Å². The van der Waals surface area contributed by atoms with Gasteiger partial charge in [0.25, 0.3) is 0 Å². The first-order valence-corrected chi connectivity index (χ1v) is 11.6. The van der Waals surface area contributed by atoms with Crippen LogP contribution in [0.5, 0.6) is 17.2 Å². The average Bonchev–Trinajstić information content (AvgIpc) is 2.82. The molecule has 0 atom stereocenters. The Hall–Kier alpha value is -2.39. The number of para-hydroxylation sites is 1. The minimum Gasteiger partial charge on any atom is -0.478 e. The summed E-state index contributed by atoms with van der Waals surface area (Å²) in [5.74, 6) is 1.97. The zero-order valence-corrected chi connectivity index (χ0v) is 19.5. The molecule has 7 nitrogen and oxygen atoms in total. The van der Waals surface area contributed by atoms with Gasteiger partial charge in [-0.15, -0.1) is 0 Å². The molecule has 5 rings (SSSR count). The van der Waals surface area contributed by atoms with Gasteiger partial charge in [-0.3, -0.25) is 14.6 Å². The van der Waals surface area contributed by atoms with Crippen molar-refractivity contribution in [3.8, 4) is 17.2 Å². The zero-order valence-electron chi connectivity index (χ0n) is 17.9. The monoisotopic (exact) mass is 500 g/mol. The van der Waals surface area contributed by atoms with Crippen molar-refractivity contribution in [3.63, 3.8) is 0 Å². The Morgan fingerprint density at radius 2 is 1.84 bits per heavy atom. The van der Waals surface area contributed by atoms with Crippen molar-refractivity contribution in [3.05, 3.63) is 62.4 Å². The second-order valence-electron chi connectivity index (χ2n) is 8.05. The molecular weight excluding hydrogens is 476 g/mol. The lowest BCUT2D eigenvalue weighted by atomic mass is 10.1. The highest BCUT2D eigenvalue weighted by atomic mass is 79.9. The fraction of sp³-hybridized carbons (Fsp3) is 0.375. The van der Waals surface area contributed by atoms with Gasteiger partial charge in [-0.05, 0) is 47.1 Å². The number of benzene rings is 2. The van der Waals surface area contributed by atoms with Crippen LogP contribution in [0.2, 0.25) is 0 Å². The second-order valence-corrected chi connectivity index (χ2v) is 8.90. The summed E-state index contributed by atoms with van der Waals surface area (Å²) in [6, 6.07) is 11.0. The second kappa shape index (κ2) is 9.23. The van der Waals surface area contributed by atoms with Gasteiger partial charge in [0.1, 0.15) is 29.6 Å². The van der Waals surface area contributed by atoms with Gasteiger partial charge in [0.2, 0.25) is 11.2 Å². The molecule has 0 amide bonds. The predicted octanol–water partition coefficient (Wildman–Crippen LogP) is 4.14. The van der Waals surface area contributed by atoms with E-state index in [1.54, 1.807) is 19.1 Å². The topological polar surface area (TPSA) is 64.4 Å². The summed E-state index contributed by atoms with van der Waals surface area (Å²) in [6.07, 6.45) is 0. The third-order valence-corrected chi connectivity index (χ3v) is 6.57. The molecule has 0 radical (unpaired) electrons. The van der Waals surface area contributed by atoms with Crippen LogP contribution >= 0.6 is 15.9 Å². The highest BCUT2D eigenvalue weighted by molar-refractivity contribution is 9.10. The molecule has 0 spiro atoms. The molecule has 8 heteroatoms. The molecular formula is C24H25BrN2O5. The number of ether oxygens (including phenoxy) is 3. The van der Waals surface area contributed by atoms with Crippen LogP contribution in [0.4, 0.5) is 0 Å². The largest absolute Gasteiger partial charge is 0.478 e. The van der Waals surface area contributed by atoms with E-state index in [0.717, 1.165) is 55.2 Å². The van der Waals surface area contributed by atoms with E-state index in [9.17, 15) is 4.79 Å². The summed E-state index contributed by atoms with van der Waals surface area (Å²) < 4.78 is 24.3. The number of halogens is 1. The Balaban J connectivity index is 1.42. The first-order chi connectivity index (χ1) is 15.6. The number of morpholine rings is 1. The normalized spacial score (nSPS) is 17.2. The first kappa shape index (κ1) is 21.5. The summed E-state index contributed by atoms with van der Waals surface area (Å²) in [6.45, 7) is 8.29. The Kier molecular flexibility index (Phi) is 6.19. The van der Waals surface area contributed by atoms with Gasteiger partial charge in [-0.2, -0.15) is 0 Å². The number of hydrogen-bond acceptors (Lipinski definition) is 7. The summed E-state index contributed by atoms with van der Waals surface area (Å²) in [5, 5.41) is 0.495. The highest BCUT2D eigenvalue weighted by Gasteiger charge is 2.25. The molecule has 0 unspecified atom stereocenters. The molecule has 2 aliphatic heterocycles. The van der Waals surface area contributed by atoms with Gasteiger partial charge < -0.3 is 18.6 Å². The number of nitrogens with zero attached hydrogens (tertiary/aromatic N) is 2. The number of fused-ring (bicyclic) bond motifs is 3. The maximum absolute atomic E-state index is 13.3. The van der Waals surface area contributed by atoms with Gasteiger partial charge in [0, 0.05) is 32.7 Å². The molecule has 32 heavy (non-hydrogen) atoms. The van der Waals surface area contributed by atoms with E-state index >= 15 is 0 Å². The maximum atomic E-state index is 13.3. The van der Waals surface area contributed by atoms with Crippen LogP contribution in [0.15, 0.2) is 50.1 Å². The van der Waals surface area contributed by atoms with E-state index in [0.29, 0.717) is 35.8 Å². The van der Waals surface area contributed by atoms with E-state index in [4.69, 9.17) is 18.6 Å². The minimum absolute atomic E-state index is 0.187. The lowest BCUT2D eigenvalue weighted by molar-refractivity contribution is 0.0241. The zero-order chi connectivity index (χ0) is 22.1. The summed E-state index contributed by atoms with van der Waals surface area (Å²) >= 11 is 3.46. The molecule has 3 aromatic rings. The fourth-order valence-corrected chi connectivity index (χ4v) is 4.47. The fourth-order valence-electron chi connectivity index (χ4n) is 4.11. The van der Waals surface area contributed by atoms with Crippen molar-refractivity contribution < 1.29 is 18.6 Å². The van der Waals surface area contributed by atoms with E-state index in [2.05, 4.69) is 25.7 Å². The Bertz CT molecular complexity index is 1190. The van der Waals surface area contributed by atoms with Gasteiger partial charge in [0.05, 0.1) is 28.6 Å². The lowest BCUT2D eigenvalue weighted by Gasteiger charge is -2.32. The van der Waals surface area contributed by atoms with Crippen LogP contribution in [0.25, 0.3) is 11.0 Å². The summed E-state index contributed by atoms with van der Waals surface area (Å²) in [5.41, 5.74) is 1.29. The third kappa shape index (κ3) is 4.28. The molecule has 168 valence electrons. The average molecular weight is 501 g/mol. The molecule has 0 aliphatic carbocycles. The van der Waals surface area contributed by atoms with Crippen molar-refractivity contribution >= 4 is 26.9 Å². The van der Waals surface area contributed by atoms with Crippen molar-refractivity contribution in [1.29, 1.82) is 0 Å². The lowest BCUT2D eigenvalue weighted by Crippen LogP contribution is -2.43. The third-order valence-electron chi connectivity index (χ3n) is 5.91. The minimum atomic E-state index is -0.187. The predicted molar refractivity (Wildman–Crippen MR) is 125 cm³/mol. The van der Waals surface area contributed by atoms with Gasteiger partial charge in [-0.25, -0.2) is 0 Å². The number of hydrogen-bond donors (Lipinski definition) is 0. The van der Waals surface area contributed by atoms with Crippen molar-refractivity contribution in [2.45, 2.75) is 13.5 Å². The Morgan fingerprint density at radius 3 is 2.66 bits per heavy atom. The maximum Gasteiger partial charge on any atom is 0.235 e. The molecule has 3 heterocycles. The molecule has 0 bridgehead atoms. The van der Waals surface area contributed by atoms with E-state index in [1.807, 2.05) is 24.3 Å². The van der Waals surface area contributed by atoms with Gasteiger partial charge in [0.15, 0.2) is 0 Å². The highest BCUT2D eigenvalue weighted by Crippen LogP contribution is 2.35. The van der Waals surface area contributed by atoms with Crippen LogP contribution in [0.1, 0.15) is 11.3 Å². The van der Waals surface area contributed by atoms with E-state index < -0.39 is 0 Å². The molecule has 1 aromatic heterocycles. The number of rotatable bonds is 5. The standard InChI is InChI=1S/C24H25BrN2O5/c1-16-23(32-21-5-3-2-4-19(21)25)22(28)17-6-7-20-18(24(17)31-16)14-27(15-30-20)9-8-26-10-12-29-13-11-26/h2-7H,8-15H2,1H3. The molecule has 1 fully saturated rings. The van der Waals surface area contributed by atoms with E-state index in [-0.39, 0.29) is 11.2 Å². The molecule has 0 N–H and O–H groups in total. The van der Waals surface area contributed by atoms with Crippen LogP contribution in [-0.4, -0.2) is 55.9 Å². The number of aryl methyl sites for hydroxylation is 1. The molecule has 2 aliphatic rings. The Morgan fingerprint density at radius 1 is 1.06 bits per heavy atom. The van der Waals surface area contributed by atoms with Crippen LogP contribution in [0.3, 0.4) is 0 Å². The van der Waals surface area contributed by atoms with Crippen LogP contribution < -0.4 is 14.9 Å². The quantitative estimate of drug-likeness (QED) is 0.521. The van der Waals surface area contributed by atoms with Crippen LogP contribution in [0, 0.1) is 6.92 Å². The molecule has 1 saturated heterocycles. The van der Waals surface area contributed by atoms with Crippen molar-refractivity contribution in [2.24, 2.45) is 0 Å². The Labute approximate surface area is 194 Å². The van der Waals surface area contributed by atoms with Crippen LogP contribution in [-0.2, 0) is 11.3 Å². The smallest absolute Gasteiger partial charge is 0.235 e. The molecule has 0 saturated carbocycles. The molecule has 2 aromatic carbocycles. The summed E-state index contributed by atoms with van der Waals surface area (Å²) in [7, 11) is 0. The van der Waals surface area contributed by atoms with Gasteiger partial charge >= 0.3 is 0 Å². The van der Waals surface area contributed by atoms with Crippen molar-refractivity contribution in [1.82, 2.24) is 9.80 Å². The first-order valence-electron chi connectivity index (χ1n) is 10.8. The van der Waals surface area contributed by atoms with Crippen molar-refractivity contribution in [2.75, 3.05) is 46.1 Å².